The number of rotatable bonds is 2. The van der Waals surface area contributed by atoms with Crippen LogP contribution in [0, 0.1) is 16.7 Å². The second-order valence-electron chi connectivity index (χ2n) is 13.6. The molecule has 174 valence electrons. The molecule has 0 aliphatic heterocycles. The zero-order valence-electron chi connectivity index (χ0n) is 22.1. The first-order valence-electron chi connectivity index (χ1n) is 11.7. The quantitative estimate of drug-likeness (QED) is 0.515. The molecule has 2 atom stereocenters. The van der Waals surface area contributed by atoms with Crippen molar-refractivity contribution in [1.29, 1.82) is 0 Å². The second kappa shape index (κ2) is 7.80. The predicted octanol–water partition coefficient (Wildman–Crippen LogP) is 7.47. The number of hydrogen-bond donors (Lipinski definition) is 2. The molecule has 0 heterocycles. The van der Waals surface area contributed by atoms with Gasteiger partial charge in [-0.05, 0) is 50.3 Å². The van der Waals surface area contributed by atoms with E-state index in [1.165, 1.54) is 11.1 Å². The summed E-state index contributed by atoms with van der Waals surface area (Å²) in [7, 11) is 0. The van der Waals surface area contributed by atoms with Crippen molar-refractivity contribution in [1.82, 2.24) is 0 Å². The second-order valence-corrected chi connectivity index (χ2v) is 13.6. The number of aliphatic hydroxyl groups is 1. The van der Waals surface area contributed by atoms with Gasteiger partial charge in [0.1, 0.15) is 5.75 Å². The van der Waals surface area contributed by atoms with Gasteiger partial charge in [0.05, 0.1) is 5.60 Å². The van der Waals surface area contributed by atoms with Crippen molar-refractivity contribution < 1.29 is 10.2 Å². The van der Waals surface area contributed by atoms with E-state index in [-0.39, 0.29) is 27.6 Å². The molecule has 0 bridgehead atoms. The average Bonchev–Trinajstić information content (AvgIpc) is 2.54. The van der Waals surface area contributed by atoms with E-state index in [1.54, 1.807) is 0 Å². The largest absolute Gasteiger partial charge is 0.507 e. The topological polar surface area (TPSA) is 40.5 Å². The van der Waals surface area contributed by atoms with Gasteiger partial charge in [0.2, 0.25) is 0 Å². The molecule has 2 heteroatoms. The highest BCUT2D eigenvalue weighted by atomic mass is 16.3. The molecule has 0 fully saturated rings. The van der Waals surface area contributed by atoms with E-state index >= 15 is 0 Å². The van der Waals surface area contributed by atoms with E-state index < -0.39 is 5.60 Å². The van der Waals surface area contributed by atoms with Crippen LogP contribution < -0.4 is 0 Å². The van der Waals surface area contributed by atoms with Crippen LogP contribution >= 0.6 is 0 Å². The molecular formula is C29H46O2. The summed E-state index contributed by atoms with van der Waals surface area (Å²) in [5.41, 5.74) is 2.82. The number of phenolic OH excluding ortho intramolecular Hbond substituents is 1. The maximum atomic E-state index is 11.8. The number of benzene rings is 1. The SMILES string of the molecule is CC(C)(C)C1=CC(Cc2cc(C(C)(C)C)cc(C(C)(C)C)c2O)C(O)(C(C)(C)C)C=C1. The number of allylic oxidation sites excluding steroid dienone is 2. The van der Waals surface area contributed by atoms with Gasteiger partial charge in [0.15, 0.2) is 0 Å². The summed E-state index contributed by atoms with van der Waals surface area (Å²) in [5.74, 6) is 0.248. The Morgan fingerprint density at radius 2 is 1.35 bits per heavy atom. The molecule has 1 aliphatic rings. The normalized spacial score (nSPS) is 23.1. The van der Waals surface area contributed by atoms with Crippen molar-refractivity contribution in [2.45, 2.75) is 106 Å². The lowest BCUT2D eigenvalue weighted by Gasteiger charge is -2.46. The van der Waals surface area contributed by atoms with Crippen LogP contribution in [0.3, 0.4) is 0 Å². The first-order chi connectivity index (χ1) is 13.7. The molecule has 0 radical (unpaired) electrons. The van der Waals surface area contributed by atoms with Gasteiger partial charge in [-0.15, -0.1) is 0 Å². The molecular weight excluding hydrogens is 380 g/mol. The van der Waals surface area contributed by atoms with Crippen LogP contribution in [0.2, 0.25) is 0 Å². The van der Waals surface area contributed by atoms with Crippen molar-refractivity contribution in [3.63, 3.8) is 0 Å². The van der Waals surface area contributed by atoms with E-state index in [0.717, 1.165) is 11.1 Å². The lowest BCUT2D eigenvalue weighted by Crippen LogP contribution is -2.49. The highest BCUT2D eigenvalue weighted by Crippen LogP contribution is 2.47. The zero-order valence-corrected chi connectivity index (χ0v) is 22.1. The maximum absolute atomic E-state index is 11.8. The fraction of sp³-hybridized carbons (Fsp3) is 0.655. The molecule has 2 rings (SSSR count). The van der Waals surface area contributed by atoms with Gasteiger partial charge in [-0.3, -0.25) is 0 Å². The molecule has 1 aromatic rings. The Bertz CT molecular complexity index is 874. The minimum atomic E-state index is -0.992. The van der Waals surface area contributed by atoms with Crippen molar-refractivity contribution in [2.24, 2.45) is 16.7 Å². The van der Waals surface area contributed by atoms with Gasteiger partial charge in [-0.2, -0.15) is 0 Å². The maximum Gasteiger partial charge on any atom is 0.122 e. The molecule has 0 aromatic heterocycles. The van der Waals surface area contributed by atoms with Crippen LogP contribution in [0.15, 0.2) is 35.9 Å². The molecule has 2 unspecified atom stereocenters. The van der Waals surface area contributed by atoms with Gasteiger partial charge >= 0.3 is 0 Å². The predicted molar refractivity (Wildman–Crippen MR) is 134 cm³/mol. The Morgan fingerprint density at radius 3 is 1.77 bits per heavy atom. The van der Waals surface area contributed by atoms with Crippen molar-refractivity contribution in [3.8, 4) is 5.75 Å². The first kappa shape index (κ1) is 25.7. The van der Waals surface area contributed by atoms with Crippen LogP contribution in [-0.4, -0.2) is 15.8 Å². The molecule has 2 N–H and O–H groups in total. The molecule has 31 heavy (non-hydrogen) atoms. The Kier molecular flexibility index (Phi) is 6.47. The van der Waals surface area contributed by atoms with Gasteiger partial charge in [0.25, 0.3) is 0 Å². The number of phenols is 1. The van der Waals surface area contributed by atoms with Gasteiger partial charge in [-0.25, -0.2) is 0 Å². The summed E-state index contributed by atoms with van der Waals surface area (Å²) in [6, 6.07) is 4.31. The van der Waals surface area contributed by atoms with Crippen LogP contribution in [-0.2, 0) is 17.3 Å². The lowest BCUT2D eigenvalue weighted by molar-refractivity contribution is -0.0499. The molecule has 2 nitrogen and oxygen atoms in total. The summed E-state index contributed by atoms with van der Waals surface area (Å²) >= 11 is 0. The zero-order chi connectivity index (χ0) is 24.2. The monoisotopic (exact) mass is 426 g/mol. The lowest BCUT2D eigenvalue weighted by atomic mass is 9.63. The van der Waals surface area contributed by atoms with Crippen molar-refractivity contribution in [2.75, 3.05) is 0 Å². The molecule has 0 amide bonds. The van der Waals surface area contributed by atoms with Crippen LogP contribution in [0.5, 0.6) is 5.75 Å². The summed E-state index contributed by atoms with van der Waals surface area (Å²) in [5, 5.41) is 23.2. The fourth-order valence-electron chi connectivity index (χ4n) is 4.35. The standard InChI is InChI=1S/C29H46O2/c1-25(2,3)20-13-14-29(31,28(10,11)12)22(17-20)16-19-15-21(26(4,5)6)18-23(24(19)30)27(7,8)9/h13-15,17-18,22,30-31H,16H2,1-12H3. The third kappa shape index (κ3) is 5.28. The smallest absolute Gasteiger partial charge is 0.122 e. The highest BCUT2D eigenvalue weighted by molar-refractivity contribution is 5.50. The van der Waals surface area contributed by atoms with E-state index in [9.17, 15) is 10.2 Å². The fourth-order valence-corrected chi connectivity index (χ4v) is 4.35. The minimum Gasteiger partial charge on any atom is -0.507 e. The van der Waals surface area contributed by atoms with Gasteiger partial charge < -0.3 is 10.2 Å². The summed E-state index contributed by atoms with van der Waals surface area (Å²) in [6.45, 7) is 25.9. The van der Waals surface area contributed by atoms with Crippen molar-refractivity contribution in [3.05, 3.63) is 52.6 Å². The highest BCUT2D eigenvalue weighted by Gasteiger charge is 2.46. The Hall–Kier alpha value is -1.54. The first-order valence-corrected chi connectivity index (χ1v) is 11.7. The van der Waals surface area contributed by atoms with Crippen LogP contribution in [0.1, 0.15) is 99.8 Å². The van der Waals surface area contributed by atoms with Gasteiger partial charge in [0, 0.05) is 5.92 Å². The third-order valence-electron chi connectivity index (χ3n) is 6.83. The molecule has 1 aromatic carbocycles. The van der Waals surface area contributed by atoms with Crippen molar-refractivity contribution >= 4 is 0 Å². The van der Waals surface area contributed by atoms with E-state index in [0.29, 0.717) is 12.2 Å². The molecule has 0 saturated carbocycles. The summed E-state index contributed by atoms with van der Waals surface area (Å²) in [6.07, 6.45) is 6.92. The molecule has 1 aliphatic carbocycles. The number of hydrogen-bond acceptors (Lipinski definition) is 2. The summed E-state index contributed by atoms with van der Waals surface area (Å²) in [4.78, 5) is 0. The Balaban J connectivity index is 2.70. The Labute approximate surface area is 191 Å². The third-order valence-corrected chi connectivity index (χ3v) is 6.83. The van der Waals surface area contributed by atoms with Crippen LogP contribution in [0.4, 0.5) is 0 Å². The Morgan fingerprint density at radius 1 is 0.806 bits per heavy atom. The van der Waals surface area contributed by atoms with E-state index in [4.69, 9.17) is 0 Å². The van der Waals surface area contributed by atoms with Crippen LogP contribution in [0.25, 0.3) is 0 Å². The average molecular weight is 427 g/mol. The van der Waals surface area contributed by atoms with E-state index in [2.05, 4.69) is 107 Å². The molecule has 0 saturated heterocycles. The number of aromatic hydroxyl groups is 1. The molecule has 0 spiro atoms. The van der Waals surface area contributed by atoms with E-state index in [1.807, 2.05) is 6.08 Å². The summed E-state index contributed by atoms with van der Waals surface area (Å²) < 4.78 is 0. The van der Waals surface area contributed by atoms with Gasteiger partial charge in [-0.1, -0.05) is 113 Å². The minimum absolute atomic E-state index is 0.000162.